The molecule has 4 nitrogen and oxygen atoms in total. The molecule has 0 radical (unpaired) electrons. The number of hydrogen-bond donors (Lipinski definition) is 2. The molecule has 0 spiro atoms. The maximum absolute atomic E-state index is 11.0. The number of carboxylic acid groups (broad SMARTS) is 1. The number of anilines is 1. The van der Waals surface area contributed by atoms with Gasteiger partial charge in [-0.2, -0.15) is 0 Å². The minimum absolute atomic E-state index is 0.132. The van der Waals surface area contributed by atoms with Gasteiger partial charge in [0.25, 0.3) is 0 Å². The molecule has 0 fully saturated rings. The monoisotopic (exact) mass is 304 g/mol. The van der Waals surface area contributed by atoms with Crippen molar-refractivity contribution in [2.75, 3.05) is 5.32 Å². The molecule has 1 atom stereocenters. The number of carboxylic acids is 1. The molecule has 5 heteroatoms. The Kier molecular flexibility index (Phi) is 5.17. The molecule has 21 heavy (non-hydrogen) atoms. The van der Waals surface area contributed by atoms with E-state index in [1.165, 1.54) is 17.7 Å². The molecule has 0 amide bonds. The molecule has 0 saturated heterocycles. The number of benzene rings is 1. The number of pyridine rings is 1. The number of carbonyl (C=O) groups is 1. The summed E-state index contributed by atoms with van der Waals surface area (Å²) < 4.78 is 0. The van der Waals surface area contributed by atoms with Crippen LogP contribution < -0.4 is 5.32 Å². The third kappa shape index (κ3) is 4.76. The number of aromatic nitrogens is 1. The fourth-order valence-corrected chi connectivity index (χ4v) is 2.26. The predicted molar refractivity (Wildman–Crippen MR) is 84.1 cm³/mol. The Hall–Kier alpha value is -2.07. The molecule has 2 aromatic rings. The Bertz CT molecular complexity index is 617. The summed E-state index contributed by atoms with van der Waals surface area (Å²) in [5, 5.41) is 12.4. The Morgan fingerprint density at radius 2 is 2.05 bits per heavy atom. The normalized spacial score (nSPS) is 11.9. The average molecular weight is 305 g/mol. The lowest BCUT2D eigenvalue weighted by Gasteiger charge is -2.15. The van der Waals surface area contributed by atoms with Crippen molar-refractivity contribution >= 4 is 23.4 Å². The summed E-state index contributed by atoms with van der Waals surface area (Å²) in [6.07, 6.45) is 1.86. The molecule has 1 aromatic heterocycles. The Morgan fingerprint density at radius 3 is 2.71 bits per heavy atom. The van der Waals surface area contributed by atoms with Crippen molar-refractivity contribution in [3.63, 3.8) is 0 Å². The van der Waals surface area contributed by atoms with Gasteiger partial charge in [-0.15, -0.1) is 0 Å². The van der Waals surface area contributed by atoms with E-state index in [0.29, 0.717) is 5.82 Å². The van der Waals surface area contributed by atoms with Gasteiger partial charge in [0.05, 0.1) is 5.56 Å². The summed E-state index contributed by atoms with van der Waals surface area (Å²) in [6.45, 7) is 2.03. The molecule has 0 aliphatic carbocycles. The highest BCUT2D eigenvalue weighted by Gasteiger charge is 2.09. The standard InChI is InChI=1S/C16H17ClN2O2/c1-11(7-8-12-5-3-2-4-6-12)18-15-10-13(16(20)21)9-14(17)19-15/h2-6,9-11H,7-8H2,1H3,(H,18,19)(H,20,21). The van der Waals surface area contributed by atoms with Gasteiger partial charge < -0.3 is 10.4 Å². The molecule has 0 aliphatic rings. The van der Waals surface area contributed by atoms with Crippen LogP contribution in [0.25, 0.3) is 0 Å². The van der Waals surface area contributed by atoms with E-state index < -0.39 is 5.97 Å². The molecule has 0 bridgehead atoms. The van der Waals surface area contributed by atoms with Crippen LogP contribution in [-0.4, -0.2) is 22.1 Å². The molecule has 1 aromatic carbocycles. The molecule has 2 N–H and O–H groups in total. The second-order valence-corrected chi connectivity index (χ2v) is 5.33. The molecule has 2 rings (SSSR count). The number of aryl methyl sites for hydroxylation is 1. The number of hydrogen-bond acceptors (Lipinski definition) is 3. The zero-order valence-corrected chi connectivity index (χ0v) is 12.5. The van der Waals surface area contributed by atoms with Crippen molar-refractivity contribution < 1.29 is 9.90 Å². The van der Waals surface area contributed by atoms with Gasteiger partial charge in [-0.05, 0) is 37.5 Å². The third-order valence-electron chi connectivity index (χ3n) is 3.14. The van der Waals surface area contributed by atoms with Gasteiger partial charge in [-0.1, -0.05) is 41.9 Å². The van der Waals surface area contributed by atoms with E-state index in [0.717, 1.165) is 12.8 Å². The Balaban J connectivity index is 1.96. The summed E-state index contributed by atoms with van der Waals surface area (Å²) >= 11 is 5.84. The van der Waals surface area contributed by atoms with Crippen LogP contribution in [-0.2, 0) is 6.42 Å². The van der Waals surface area contributed by atoms with Crippen molar-refractivity contribution in [1.29, 1.82) is 0 Å². The summed E-state index contributed by atoms with van der Waals surface area (Å²) in [5.41, 5.74) is 1.41. The summed E-state index contributed by atoms with van der Waals surface area (Å²) in [7, 11) is 0. The molecule has 1 heterocycles. The molecule has 0 saturated carbocycles. The second kappa shape index (κ2) is 7.09. The van der Waals surface area contributed by atoms with Crippen molar-refractivity contribution in [2.45, 2.75) is 25.8 Å². The lowest BCUT2D eigenvalue weighted by molar-refractivity contribution is 0.0697. The maximum Gasteiger partial charge on any atom is 0.335 e. The van der Waals surface area contributed by atoms with Crippen LogP contribution in [0.15, 0.2) is 42.5 Å². The van der Waals surface area contributed by atoms with Gasteiger partial charge >= 0.3 is 5.97 Å². The van der Waals surface area contributed by atoms with E-state index in [4.69, 9.17) is 16.7 Å². The van der Waals surface area contributed by atoms with Crippen molar-refractivity contribution in [2.24, 2.45) is 0 Å². The minimum Gasteiger partial charge on any atom is -0.478 e. The lowest BCUT2D eigenvalue weighted by atomic mass is 10.1. The zero-order chi connectivity index (χ0) is 15.2. The summed E-state index contributed by atoms with van der Waals surface area (Å²) in [4.78, 5) is 15.1. The van der Waals surface area contributed by atoms with Crippen LogP contribution in [0.5, 0.6) is 0 Å². The molecular weight excluding hydrogens is 288 g/mol. The first-order valence-electron chi connectivity index (χ1n) is 6.76. The lowest BCUT2D eigenvalue weighted by Crippen LogP contribution is -2.17. The first-order chi connectivity index (χ1) is 10.0. The van der Waals surface area contributed by atoms with Crippen LogP contribution in [0.4, 0.5) is 5.82 Å². The van der Waals surface area contributed by atoms with E-state index in [2.05, 4.69) is 22.4 Å². The van der Waals surface area contributed by atoms with Crippen LogP contribution in [0.2, 0.25) is 5.15 Å². The highest BCUT2D eigenvalue weighted by atomic mass is 35.5. The van der Waals surface area contributed by atoms with E-state index in [1.54, 1.807) is 0 Å². The number of rotatable bonds is 6. The molecule has 0 aliphatic heterocycles. The van der Waals surface area contributed by atoms with Crippen LogP contribution in [0, 0.1) is 0 Å². The molecule has 1 unspecified atom stereocenters. The first-order valence-corrected chi connectivity index (χ1v) is 7.14. The fourth-order valence-electron chi connectivity index (χ4n) is 2.05. The van der Waals surface area contributed by atoms with Gasteiger partial charge in [0.1, 0.15) is 11.0 Å². The van der Waals surface area contributed by atoms with Crippen molar-refractivity contribution in [3.05, 3.63) is 58.7 Å². The summed E-state index contributed by atoms with van der Waals surface area (Å²) in [5.74, 6) is -0.528. The second-order valence-electron chi connectivity index (χ2n) is 4.94. The van der Waals surface area contributed by atoms with Crippen LogP contribution in [0.3, 0.4) is 0 Å². The first kappa shape index (κ1) is 15.3. The Morgan fingerprint density at radius 1 is 1.33 bits per heavy atom. The van der Waals surface area contributed by atoms with Crippen LogP contribution >= 0.6 is 11.6 Å². The van der Waals surface area contributed by atoms with E-state index in [9.17, 15) is 4.79 Å². The number of nitrogens with one attached hydrogen (secondary N) is 1. The smallest absolute Gasteiger partial charge is 0.335 e. The number of aromatic carboxylic acids is 1. The zero-order valence-electron chi connectivity index (χ0n) is 11.7. The summed E-state index contributed by atoms with van der Waals surface area (Å²) in [6, 6.07) is 13.2. The van der Waals surface area contributed by atoms with Crippen molar-refractivity contribution in [1.82, 2.24) is 4.98 Å². The number of halogens is 1. The highest BCUT2D eigenvalue weighted by Crippen LogP contribution is 2.16. The van der Waals surface area contributed by atoms with E-state index in [-0.39, 0.29) is 16.8 Å². The van der Waals surface area contributed by atoms with Gasteiger partial charge in [0.15, 0.2) is 0 Å². The quantitative estimate of drug-likeness (QED) is 0.795. The number of nitrogens with zero attached hydrogens (tertiary/aromatic N) is 1. The molecule has 110 valence electrons. The highest BCUT2D eigenvalue weighted by molar-refractivity contribution is 6.29. The average Bonchev–Trinajstić information content (AvgIpc) is 2.45. The van der Waals surface area contributed by atoms with E-state index in [1.807, 2.05) is 25.1 Å². The SMILES string of the molecule is CC(CCc1ccccc1)Nc1cc(C(=O)O)cc(Cl)n1. The van der Waals surface area contributed by atoms with Gasteiger partial charge in [-0.3, -0.25) is 0 Å². The van der Waals surface area contributed by atoms with Gasteiger partial charge in [-0.25, -0.2) is 9.78 Å². The van der Waals surface area contributed by atoms with Crippen LogP contribution in [0.1, 0.15) is 29.3 Å². The fraction of sp³-hybridized carbons (Fsp3) is 0.250. The molecular formula is C16H17ClN2O2. The predicted octanol–water partition coefficient (Wildman–Crippen LogP) is 3.87. The maximum atomic E-state index is 11.0. The largest absolute Gasteiger partial charge is 0.478 e. The van der Waals surface area contributed by atoms with Gasteiger partial charge in [0, 0.05) is 6.04 Å². The Labute approximate surface area is 128 Å². The third-order valence-corrected chi connectivity index (χ3v) is 3.34. The minimum atomic E-state index is -1.01. The van der Waals surface area contributed by atoms with Gasteiger partial charge in [0.2, 0.25) is 0 Å². The van der Waals surface area contributed by atoms with E-state index >= 15 is 0 Å². The topological polar surface area (TPSA) is 62.2 Å². The van der Waals surface area contributed by atoms with Crippen molar-refractivity contribution in [3.8, 4) is 0 Å².